The summed E-state index contributed by atoms with van der Waals surface area (Å²) in [5.74, 6) is -0.374. The third-order valence-electron chi connectivity index (χ3n) is 6.57. The fraction of sp³-hybridized carbons (Fsp3) is 0.696. The molecule has 6 N–H and O–H groups in total. The molecule has 11 atom stereocenters. The van der Waals surface area contributed by atoms with Crippen LogP contribution < -0.4 is 0 Å². The number of benzene rings is 1. The van der Waals surface area contributed by atoms with Crippen molar-refractivity contribution in [1.82, 2.24) is 0 Å². The van der Waals surface area contributed by atoms with Crippen LogP contribution in [0.1, 0.15) is 41.8 Å². The molecule has 0 aliphatic carbocycles. The molecule has 3 heterocycles. The fourth-order valence-corrected chi connectivity index (χ4v) is 4.44. The van der Waals surface area contributed by atoms with Gasteiger partial charge in [-0.25, -0.2) is 4.79 Å². The highest BCUT2D eigenvalue weighted by Gasteiger charge is 2.46. The molecule has 3 aliphatic rings. The summed E-state index contributed by atoms with van der Waals surface area (Å²) in [4.78, 5) is 11.9. The lowest BCUT2D eigenvalue weighted by Crippen LogP contribution is -2.61. The third-order valence-corrected chi connectivity index (χ3v) is 6.57. The van der Waals surface area contributed by atoms with E-state index in [1.54, 1.807) is 12.1 Å². The average Bonchev–Trinajstić information content (AvgIpc) is 3.18. The van der Waals surface area contributed by atoms with Crippen LogP contribution in [0, 0.1) is 0 Å². The molecule has 4 rings (SSSR count). The Morgan fingerprint density at radius 2 is 1.49 bits per heavy atom. The summed E-state index contributed by atoms with van der Waals surface area (Å²) in [6.45, 7) is 1.24. The van der Waals surface area contributed by atoms with Gasteiger partial charge in [0.05, 0.1) is 24.9 Å². The zero-order chi connectivity index (χ0) is 25.3. The Labute approximate surface area is 201 Å². The number of aliphatic hydroxyl groups excluding tert-OH is 6. The van der Waals surface area contributed by atoms with Crippen LogP contribution in [0.3, 0.4) is 0 Å². The fourth-order valence-electron chi connectivity index (χ4n) is 4.44. The second-order valence-corrected chi connectivity index (χ2v) is 9.02. The Kier molecular flexibility index (Phi) is 8.38. The lowest BCUT2D eigenvalue weighted by molar-refractivity contribution is -0.328. The van der Waals surface area contributed by atoms with E-state index in [-0.39, 0.29) is 19.2 Å². The van der Waals surface area contributed by atoms with Crippen molar-refractivity contribution in [3.05, 3.63) is 35.4 Å². The van der Waals surface area contributed by atoms with Crippen LogP contribution in [0.2, 0.25) is 0 Å². The summed E-state index contributed by atoms with van der Waals surface area (Å²) >= 11 is 0. The highest BCUT2D eigenvalue weighted by Crippen LogP contribution is 2.34. The molecule has 12 nitrogen and oxygen atoms in total. The summed E-state index contributed by atoms with van der Waals surface area (Å²) in [7, 11) is 0. The summed E-state index contributed by atoms with van der Waals surface area (Å²) in [6, 6.07) is 7.12. The molecule has 0 amide bonds. The van der Waals surface area contributed by atoms with Crippen molar-refractivity contribution in [1.29, 1.82) is 0 Å². The Balaban J connectivity index is 1.27. The maximum atomic E-state index is 11.9. The molecule has 0 aromatic heterocycles. The molecule has 0 saturated carbocycles. The largest absolute Gasteiger partial charge is 0.454 e. The number of hydrogen-bond acceptors (Lipinski definition) is 12. The van der Waals surface area contributed by atoms with Gasteiger partial charge in [0.1, 0.15) is 48.8 Å². The molecule has 196 valence electrons. The van der Waals surface area contributed by atoms with E-state index in [2.05, 4.69) is 0 Å². The number of fused-ring (bicyclic) bond motifs is 1. The van der Waals surface area contributed by atoms with Crippen molar-refractivity contribution in [2.24, 2.45) is 0 Å². The van der Waals surface area contributed by atoms with Crippen molar-refractivity contribution in [3.63, 3.8) is 0 Å². The van der Waals surface area contributed by atoms with E-state index in [0.717, 1.165) is 5.56 Å². The molecule has 1 aromatic carbocycles. The number of carbonyl (C=O) groups excluding carboxylic acids is 1. The van der Waals surface area contributed by atoms with Crippen molar-refractivity contribution in [2.75, 3.05) is 13.2 Å². The summed E-state index contributed by atoms with van der Waals surface area (Å²) in [6.07, 6.45) is -13.0. The number of aliphatic hydroxyl groups is 6. The van der Waals surface area contributed by atoms with E-state index in [4.69, 9.17) is 23.7 Å². The van der Waals surface area contributed by atoms with Gasteiger partial charge in [-0.05, 0) is 25.8 Å². The van der Waals surface area contributed by atoms with Crippen LogP contribution in [-0.4, -0.2) is 111 Å². The predicted octanol–water partition coefficient (Wildman–Crippen LogP) is -1.65. The Morgan fingerprint density at radius 3 is 2.23 bits per heavy atom. The highest BCUT2D eigenvalue weighted by atomic mass is 16.7. The standard InChI is InChI=1S/C23H32O12/c1-10-15(24)17(26)19(28)23(33-10)32-9-14-16(25)18(27)20(29)22(35-14)31-8-4-7-13-11-5-2-3-6-12(11)21(30)34-13/h2-3,5-6,10,13-20,22-29H,4,7-9H2,1H3/t10-,13-,14-,15+,16-,17+,18+,19-,20+,22-,23-/m0/s1. The van der Waals surface area contributed by atoms with Crippen LogP contribution in [0.4, 0.5) is 0 Å². The predicted molar refractivity (Wildman–Crippen MR) is 115 cm³/mol. The van der Waals surface area contributed by atoms with E-state index >= 15 is 0 Å². The number of hydrogen-bond donors (Lipinski definition) is 6. The van der Waals surface area contributed by atoms with Crippen LogP contribution in [0.5, 0.6) is 0 Å². The van der Waals surface area contributed by atoms with E-state index < -0.39 is 67.5 Å². The van der Waals surface area contributed by atoms with Gasteiger partial charge >= 0.3 is 5.97 Å². The lowest BCUT2D eigenvalue weighted by atomic mass is 9.98. The number of cyclic esters (lactones) is 1. The highest BCUT2D eigenvalue weighted by molar-refractivity contribution is 5.93. The zero-order valence-corrected chi connectivity index (χ0v) is 19.1. The second kappa shape index (κ2) is 11.1. The molecule has 3 aliphatic heterocycles. The maximum absolute atomic E-state index is 11.9. The van der Waals surface area contributed by atoms with E-state index in [1.807, 2.05) is 12.1 Å². The number of esters is 1. The molecule has 2 fully saturated rings. The van der Waals surface area contributed by atoms with E-state index in [1.165, 1.54) is 6.92 Å². The maximum Gasteiger partial charge on any atom is 0.339 e. The SMILES string of the molecule is C[C@@H]1O[C@H](OC[C@@H]2O[C@H](OCCC[C@@H]3OC(=O)c4ccccc43)[C@H](O)[C@H](O)[C@H]2O)[C@@H](O)[C@H](O)[C@@H]1O. The molecule has 35 heavy (non-hydrogen) atoms. The van der Waals surface area contributed by atoms with Crippen molar-refractivity contribution >= 4 is 5.97 Å². The van der Waals surface area contributed by atoms with Crippen LogP contribution in [0.15, 0.2) is 24.3 Å². The van der Waals surface area contributed by atoms with Crippen molar-refractivity contribution in [3.8, 4) is 0 Å². The first-order chi connectivity index (χ1) is 16.7. The molecular formula is C23H32O12. The van der Waals surface area contributed by atoms with Crippen LogP contribution in [-0.2, 0) is 23.7 Å². The molecule has 0 radical (unpaired) electrons. The number of ether oxygens (including phenoxy) is 5. The minimum Gasteiger partial charge on any atom is -0.454 e. The number of carbonyl (C=O) groups is 1. The third kappa shape index (κ3) is 5.52. The Hall–Kier alpha value is -1.71. The summed E-state index contributed by atoms with van der Waals surface area (Å²) in [5.41, 5.74) is 1.34. The topological polar surface area (TPSA) is 185 Å². The molecule has 0 spiro atoms. The Bertz CT molecular complexity index is 867. The minimum atomic E-state index is -1.59. The number of rotatable bonds is 8. The minimum absolute atomic E-state index is 0.111. The van der Waals surface area contributed by atoms with Crippen molar-refractivity contribution < 1.29 is 59.1 Å². The average molecular weight is 500 g/mol. The summed E-state index contributed by atoms with van der Waals surface area (Å²) < 4.78 is 27.3. The van der Waals surface area contributed by atoms with Gasteiger partial charge in [-0.15, -0.1) is 0 Å². The van der Waals surface area contributed by atoms with Gasteiger partial charge in [-0.2, -0.15) is 0 Å². The van der Waals surface area contributed by atoms with Crippen molar-refractivity contribution in [2.45, 2.75) is 87.3 Å². The van der Waals surface area contributed by atoms with E-state index in [0.29, 0.717) is 18.4 Å². The van der Waals surface area contributed by atoms with Gasteiger partial charge < -0.3 is 54.3 Å². The smallest absolute Gasteiger partial charge is 0.339 e. The van der Waals surface area contributed by atoms with Gasteiger partial charge in [0.15, 0.2) is 12.6 Å². The quantitative estimate of drug-likeness (QED) is 0.177. The molecule has 1 aromatic rings. The van der Waals surface area contributed by atoms with E-state index in [9.17, 15) is 35.4 Å². The first-order valence-corrected chi connectivity index (χ1v) is 11.6. The molecule has 0 bridgehead atoms. The van der Waals surface area contributed by atoms with Gasteiger partial charge in [0.2, 0.25) is 0 Å². The zero-order valence-electron chi connectivity index (χ0n) is 19.1. The van der Waals surface area contributed by atoms with Gasteiger partial charge in [0, 0.05) is 5.56 Å². The van der Waals surface area contributed by atoms with Gasteiger partial charge in [0.25, 0.3) is 0 Å². The first-order valence-electron chi connectivity index (χ1n) is 11.6. The van der Waals surface area contributed by atoms with Gasteiger partial charge in [-0.3, -0.25) is 0 Å². The van der Waals surface area contributed by atoms with Crippen LogP contribution in [0.25, 0.3) is 0 Å². The Morgan fingerprint density at radius 1 is 0.829 bits per heavy atom. The van der Waals surface area contributed by atoms with Crippen LogP contribution >= 0.6 is 0 Å². The summed E-state index contributed by atoms with van der Waals surface area (Å²) in [5, 5.41) is 60.5. The molecular weight excluding hydrogens is 468 g/mol. The second-order valence-electron chi connectivity index (χ2n) is 9.02. The monoisotopic (exact) mass is 500 g/mol. The molecule has 2 saturated heterocycles. The lowest BCUT2D eigenvalue weighted by Gasteiger charge is -2.42. The normalized spacial score (nSPS) is 41.5. The molecule has 0 unspecified atom stereocenters. The van der Waals surface area contributed by atoms with Gasteiger partial charge in [-0.1, -0.05) is 18.2 Å². The molecule has 12 heteroatoms. The first kappa shape index (κ1) is 26.4.